The summed E-state index contributed by atoms with van der Waals surface area (Å²) in [5, 5.41) is 0. The zero-order valence-corrected chi connectivity index (χ0v) is 11.4. The van der Waals surface area contributed by atoms with E-state index in [-0.39, 0.29) is 0 Å². The fourth-order valence-corrected chi connectivity index (χ4v) is 3.27. The highest BCUT2D eigenvalue weighted by Crippen LogP contribution is 2.23. The third-order valence-corrected chi connectivity index (χ3v) is 4.51. The monoisotopic (exact) mass is 239 g/mol. The van der Waals surface area contributed by atoms with Crippen LogP contribution in [-0.4, -0.2) is 55.6 Å². The molecule has 0 bridgehead atoms. The summed E-state index contributed by atoms with van der Waals surface area (Å²) in [7, 11) is 2.26. The summed E-state index contributed by atoms with van der Waals surface area (Å²) in [6.45, 7) is 6.30. The van der Waals surface area contributed by atoms with Crippen molar-refractivity contribution >= 4 is 0 Å². The molecular weight excluding hydrogens is 210 g/mol. The first-order valence-electron chi connectivity index (χ1n) is 7.42. The van der Waals surface area contributed by atoms with Crippen molar-refractivity contribution in [2.45, 2.75) is 44.6 Å². The summed E-state index contributed by atoms with van der Waals surface area (Å²) in [6, 6.07) is 0.456. The first-order chi connectivity index (χ1) is 8.25. The molecule has 1 aliphatic carbocycles. The number of likely N-dealkylation sites (tertiary alicyclic amines) is 1. The van der Waals surface area contributed by atoms with Gasteiger partial charge in [-0.1, -0.05) is 12.8 Å². The lowest BCUT2D eigenvalue weighted by Crippen LogP contribution is -2.41. The van der Waals surface area contributed by atoms with Crippen molar-refractivity contribution in [1.29, 1.82) is 0 Å². The summed E-state index contributed by atoms with van der Waals surface area (Å²) in [5.41, 5.74) is 6.21. The predicted octanol–water partition coefficient (Wildman–Crippen LogP) is 1.53. The molecule has 0 radical (unpaired) electrons. The van der Waals surface area contributed by atoms with Crippen LogP contribution in [0.2, 0.25) is 0 Å². The molecule has 1 saturated heterocycles. The maximum atomic E-state index is 6.21. The molecule has 100 valence electrons. The largest absolute Gasteiger partial charge is 0.327 e. The van der Waals surface area contributed by atoms with E-state index in [1.165, 1.54) is 71.2 Å². The Balaban J connectivity index is 1.63. The molecule has 1 aliphatic heterocycles. The van der Waals surface area contributed by atoms with Gasteiger partial charge in [0.25, 0.3) is 0 Å². The quantitative estimate of drug-likeness (QED) is 0.790. The van der Waals surface area contributed by atoms with E-state index in [4.69, 9.17) is 5.73 Å². The van der Waals surface area contributed by atoms with Crippen molar-refractivity contribution in [2.24, 2.45) is 11.7 Å². The summed E-state index contributed by atoms with van der Waals surface area (Å²) in [6.07, 6.45) is 8.11. The van der Waals surface area contributed by atoms with Gasteiger partial charge in [0, 0.05) is 25.7 Å². The first-order valence-corrected chi connectivity index (χ1v) is 7.42. The Bertz CT molecular complexity index is 214. The Kier molecular flexibility index (Phi) is 5.26. The second kappa shape index (κ2) is 6.72. The van der Waals surface area contributed by atoms with Crippen LogP contribution in [0.15, 0.2) is 0 Å². The van der Waals surface area contributed by atoms with Crippen molar-refractivity contribution in [2.75, 3.05) is 39.8 Å². The van der Waals surface area contributed by atoms with Crippen LogP contribution in [0.1, 0.15) is 38.5 Å². The molecule has 2 unspecified atom stereocenters. The lowest BCUT2D eigenvalue weighted by Gasteiger charge is -2.32. The number of nitrogens with zero attached hydrogens (tertiary/aromatic N) is 2. The van der Waals surface area contributed by atoms with Crippen LogP contribution in [-0.2, 0) is 0 Å². The molecule has 2 rings (SSSR count). The lowest BCUT2D eigenvalue weighted by atomic mass is 9.85. The SMILES string of the molecule is CN(CCN1CCCC1)CC1CCCCC1N. The molecular formula is C14H29N3. The van der Waals surface area contributed by atoms with Crippen molar-refractivity contribution in [3.8, 4) is 0 Å². The van der Waals surface area contributed by atoms with Gasteiger partial charge in [0.05, 0.1) is 0 Å². The minimum absolute atomic E-state index is 0.456. The highest BCUT2D eigenvalue weighted by molar-refractivity contribution is 4.80. The Morgan fingerprint density at radius 3 is 2.53 bits per heavy atom. The molecule has 3 heteroatoms. The molecule has 1 heterocycles. The summed E-state index contributed by atoms with van der Waals surface area (Å²) in [4.78, 5) is 5.09. The highest BCUT2D eigenvalue weighted by atomic mass is 15.2. The third kappa shape index (κ3) is 4.23. The van der Waals surface area contributed by atoms with Gasteiger partial charge in [-0.2, -0.15) is 0 Å². The fraction of sp³-hybridized carbons (Fsp3) is 1.00. The van der Waals surface area contributed by atoms with Crippen LogP contribution >= 0.6 is 0 Å². The van der Waals surface area contributed by atoms with Crippen LogP contribution in [0.3, 0.4) is 0 Å². The van der Waals surface area contributed by atoms with Crippen molar-refractivity contribution < 1.29 is 0 Å². The Morgan fingerprint density at radius 2 is 1.82 bits per heavy atom. The number of hydrogen-bond donors (Lipinski definition) is 1. The summed E-state index contributed by atoms with van der Waals surface area (Å²) < 4.78 is 0. The Hall–Kier alpha value is -0.120. The maximum Gasteiger partial charge on any atom is 0.0109 e. The Morgan fingerprint density at radius 1 is 1.12 bits per heavy atom. The molecule has 0 aromatic carbocycles. The summed E-state index contributed by atoms with van der Waals surface area (Å²) in [5.74, 6) is 0.743. The van der Waals surface area contributed by atoms with E-state index in [2.05, 4.69) is 16.8 Å². The third-order valence-electron chi connectivity index (χ3n) is 4.51. The lowest BCUT2D eigenvalue weighted by molar-refractivity contribution is 0.192. The average molecular weight is 239 g/mol. The van der Waals surface area contributed by atoms with Crippen LogP contribution in [0.4, 0.5) is 0 Å². The van der Waals surface area contributed by atoms with Gasteiger partial charge in [0.2, 0.25) is 0 Å². The molecule has 2 N–H and O–H groups in total. The second-order valence-electron chi connectivity index (χ2n) is 6.02. The average Bonchev–Trinajstić information content (AvgIpc) is 2.82. The Labute approximate surface area is 106 Å². The first kappa shape index (κ1) is 13.3. The van der Waals surface area contributed by atoms with E-state index < -0.39 is 0 Å². The van der Waals surface area contributed by atoms with Crippen LogP contribution in [0.5, 0.6) is 0 Å². The number of nitrogens with two attached hydrogens (primary N) is 1. The van der Waals surface area contributed by atoms with Crippen molar-refractivity contribution in [3.05, 3.63) is 0 Å². The number of rotatable bonds is 5. The summed E-state index contributed by atoms with van der Waals surface area (Å²) >= 11 is 0. The zero-order chi connectivity index (χ0) is 12.1. The predicted molar refractivity (Wildman–Crippen MR) is 73.1 cm³/mol. The van der Waals surface area contributed by atoms with Gasteiger partial charge in [0.15, 0.2) is 0 Å². The molecule has 0 aromatic heterocycles. The number of hydrogen-bond acceptors (Lipinski definition) is 3. The molecule has 0 aromatic rings. The van der Waals surface area contributed by atoms with Crippen molar-refractivity contribution in [3.63, 3.8) is 0 Å². The van der Waals surface area contributed by atoms with E-state index >= 15 is 0 Å². The molecule has 0 amide bonds. The number of likely N-dealkylation sites (N-methyl/N-ethyl adjacent to an activating group) is 1. The minimum Gasteiger partial charge on any atom is -0.327 e. The molecule has 2 atom stereocenters. The smallest absolute Gasteiger partial charge is 0.0109 e. The van der Waals surface area contributed by atoms with Gasteiger partial charge in [-0.25, -0.2) is 0 Å². The topological polar surface area (TPSA) is 32.5 Å². The highest BCUT2D eigenvalue weighted by Gasteiger charge is 2.23. The zero-order valence-electron chi connectivity index (χ0n) is 11.4. The van der Waals surface area contributed by atoms with Crippen LogP contribution in [0.25, 0.3) is 0 Å². The van der Waals surface area contributed by atoms with Gasteiger partial charge in [-0.15, -0.1) is 0 Å². The van der Waals surface area contributed by atoms with Crippen molar-refractivity contribution in [1.82, 2.24) is 9.80 Å². The molecule has 2 aliphatic rings. The molecule has 17 heavy (non-hydrogen) atoms. The standard InChI is InChI=1S/C14H29N3/c1-16(10-11-17-8-4-5-9-17)12-13-6-2-3-7-14(13)15/h13-14H,2-12,15H2,1H3. The normalized spacial score (nSPS) is 31.2. The van der Waals surface area contributed by atoms with Gasteiger partial charge in [0.1, 0.15) is 0 Å². The van der Waals surface area contributed by atoms with Gasteiger partial charge in [-0.3, -0.25) is 0 Å². The van der Waals surface area contributed by atoms with Gasteiger partial charge >= 0.3 is 0 Å². The molecule has 3 nitrogen and oxygen atoms in total. The molecule has 0 spiro atoms. The maximum absolute atomic E-state index is 6.21. The van der Waals surface area contributed by atoms with E-state index in [0.717, 1.165) is 5.92 Å². The van der Waals surface area contributed by atoms with Gasteiger partial charge in [-0.05, 0) is 51.7 Å². The van der Waals surface area contributed by atoms with Crippen LogP contribution in [0, 0.1) is 5.92 Å². The molecule has 2 fully saturated rings. The van der Waals surface area contributed by atoms with Crippen LogP contribution < -0.4 is 5.73 Å². The second-order valence-corrected chi connectivity index (χ2v) is 6.02. The van der Waals surface area contributed by atoms with E-state index in [0.29, 0.717) is 6.04 Å². The van der Waals surface area contributed by atoms with E-state index in [1.54, 1.807) is 0 Å². The van der Waals surface area contributed by atoms with Gasteiger partial charge < -0.3 is 15.5 Å². The molecule has 1 saturated carbocycles. The minimum atomic E-state index is 0.456. The van der Waals surface area contributed by atoms with E-state index in [1.807, 2.05) is 0 Å². The fourth-order valence-electron chi connectivity index (χ4n) is 3.27. The van der Waals surface area contributed by atoms with E-state index in [9.17, 15) is 0 Å².